The van der Waals surface area contributed by atoms with Gasteiger partial charge in [0.25, 0.3) is 5.69 Å². The van der Waals surface area contributed by atoms with Crippen molar-refractivity contribution in [3.63, 3.8) is 0 Å². The molecule has 0 heterocycles. The maximum Gasteiger partial charge on any atom is 0.293 e. The minimum Gasteiger partial charge on any atom is -0.348 e. The number of rotatable bonds is 3. The molecule has 0 radical (unpaired) electrons. The van der Waals surface area contributed by atoms with Crippen molar-refractivity contribution >= 4 is 17.1 Å². The molecule has 2 aromatic rings. The molecule has 0 amide bonds. The number of nitro benzene ring substituents is 1. The summed E-state index contributed by atoms with van der Waals surface area (Å²) in [6.45, 7) is 0. The van der Waals surface area contributed by atoms with Gasteiger partial charge < -0.3 is 5.32 Å². The van der Waals surface area contributed by atoms with Crippen LogP contribution in [0.5, 0.6) is 0 Å². The van der Waals surface area contributed by atoms with Gasteiger partial charge in [-0.15, -0.1) is 0 Å². The first-order chi connectivity index (χ1) is 9.11. The zero-order valence-electron chi connectivity index (χ0n) is 9.63. The molecule has 0 spiro atoms. The summed E-state index contributed by atoms with van der Waals surface area (Å²) in [6.07, 6.45) is 0. The number of anilines is 2. The molecule has 0 saturated carbocycles. The third kappa shape index (κ3) is 2.66. The van der Waals surface area contributed by atoms with Gasteiger partial charge in [0.2, 0.25) is 0 Å². The molecule has 0 saturated heterocycles. The van der Waals surface area contributed by atoms with E-state index in [-0.39, 0.29) is 22.6 Å². The molecule has 19 heavy (non-hydrogen) atoms. The second-order valence-electron chi connectivity index (χ2n) is 3.71. The van der Waals surface area contributed by atoms with Gasteiger partial charge in [0, 0.05) is 6.07 Å². The van der Waals surface area contributed by atoms with Crippen molar-refractivity contribution in [3.8, 4) is 6.07 Å². The maximum absolute atomic E-state index is 13.5. The minimum absolute atomic E-state index is 0.133. The number of nitrogens with one attached hydrogen (secondary N) is 1. The Morgan fingerprint density at radius 2 is 1.95 bits per heavy atom. The molecule has 1 N–H and O–H groups in total. The molecule has 0 aliphatic rings. The number of benzene rings is 2. The average molecular weight is 257 g/mol. The Balaban J connectivity index is 2.43. The van der Waals surface area contributed by atoms with Crippen molar-refractivity contribution in [3.05, 3.63) is 64.0 Å². The van der Waals surface area contributed by atoms with Crippen LogP contribution in [0.4, 0.5) is 21.5 Å². The first-order valence-corrected chi connectivity index (χ1v) is 5.32. The molecule has 0 bridgehead atoms. The number of hydrogen-bond acceptors (Lipinski definition) is 4. The first-order valence-electron chi connectivity index (χ1n) is 5.32. The number of nitriles is 1. The maximum atomic E-state index is 13.5. The molecule has 0 fully saturated rings. The quantitative estimate of drug-likeness (QED) is 0.675. The highest BCUT2D eigenvalue weighted by molar-refractivity contribution is 5.71. The highest BCUT2D eigenvalue weighted by Gasteiger charge is 2.15. The van der Waals surface area contributed by atoms with E-state index in [1.54, 1.807) is 6.07 Å². The van der Waals surface area contributed by atoms with E-state index in [0.717, 1.165) is 6.07 Å². The zero-order chi connectivity index (χ0) is 13.8. The van der Waals surface area contributed by atoms with Crippen LogP contribution >= 0.6 is 0 Å². The van der Waals surface area contributed by atoms with E-state index in [9.17, 15) is 14.5 Å². The molecular weight excluding hydrogens is 249 g/mol. The lowest BCUT2D eigenvalue weighted by Crippen LogP contribution is -1.99. The monoisotopic (exact) mass is 257 g/mol. The van der Waals surface area contributed by atoms with Crippen LogP contribution in [-0.2, 0) is 0 Å². The lowest BCUT2D eigenvalue weighted by Gasteiger charge is -2.08. The Labute approximate surface area is 108 Å². The van der Waals surface area contributed by atoms with Gasteiger partial charge in [-0.25, -0.2) is 4.39 Å². The van der Waals surface area contributed by atoms with Crippen molar-refractivity contribution < 1.29 is 9.31 Å². The molecule has 2 rings (SSSR count). The summed E-state index contributed by atoms with van der Waals surface area (Å²) in [5.74, 6) is -0.513. The normalized spacial score (nSPS) is 9.68. The molecule has 94 valence electrons. The van der Waals surface area contributed by atoms with Crippen LogP contribution in [0.1, 0.15) is 5.56 Å². The fraction of sp³-hybridized carbons (Fsp3) is 0. The molecule has 2 aromatic carbocycles. The van der Waals surface area contributed by atoms with E-state index >= 15 is 0 Å². The van der Waals surface area contributed by atoms with Crippen molar-refractivity contribution in [1.82, 2.24) is 0 Å². The Hall–Kier alpha value is -2.94. The Morgan fingerprint density at radius 3 is 2.58 bits per heavy atom. The molecule has 0 aliphatic carbocycles. The molecule has 0 aromatic heterocycles. The van der Waals surface area contributed by atoms with E-state index in [4.69, 9.17) is 5.26 Å². The van der Waals surface area contributed by atoms with E-state index in [1.165, 1.54) is 30.3 Å². The highest BCUT2D eigenvalue weighted by atomic mass is 19.1. The molecule has 5 nitrogen and oxygen atoms in total. The van der Waals surface area contributed by atoms with Gasteiger partial charge >= 0.3 is 0 Å². The highest BCUT2D eigenvalue weighted by Crippen LogP contribution is 2.29. The van der Waals surface area contributed by atoms with Gasteiger partial charge in [0.05, 0.1) is 22.2 Å². The van der Waals surface area contributed by atoms with Crippen LogP contribution in [0, 0.1) is 27.3 Å². The van der Waals surface area contributed by atoms with Gasteiger partial charge in [-0.05, 0) is 24.3 Å². The Morgan fingerprint density at radius 1 is 1.21 bits per heavy atom. The van der Waals surface area contributed by atoms with Crippen LogP contribution in [-0.4, -0.2) is 4.92 Å². The minimum atomic E-state index is -0.621. The van der Waals surface area contributed by atoms with Gasteiger partial charge in [-0.2, -0.15) is 5.26 Å². The predicted octanol–water partition coefficient (Wildman–Crippen LogP) is 3.35. The van der Waals surface area contributed by atoms with Crippen LogP contribution < -0.4 is 5.32 Å². The Kier molecular flexibility index (Phi) is 3.39. The molecule has 6 heteroatoms. The number of para-hydroxylation sites is 1. The summed E-state index contributed by atoms with van der Waals surface area (Å²) in [4.78, 5) is 10.3. The van der Waals surface area contributed by atoms with Crippen LogP contribution in [0.2, 0.25) is 0 Å². The lowest BCUT2D eigenvalue weighted by atomic mass is 10.2. The van der Waals surface area contributed by atoms with E-state index in [2.05, 4.69) is 5.32 Å². The van der Waals surface area contributed by atoms with E-state index in [0.29, 0.717) is 0 Å². The third-order valence-corrected chi connectivity index (χ3v) is 2.47. The topological polar surface area (TPSA) is 79.0 Å². The summed E-state index contributed by atoms with van der Waals surface area (Å²) >= 11 is 0. The first kappa shape index (κ1) is 12.5. The summed E-state index contributed by atoms with van der Waals surface area (Å²) in [5.41, 5.74) is 0.164. The number of halogens is 1. The summed E-state index contributed by atoms with van der Waals surface area (Å²) < 4.78 is 13.5. The van der Waals surface area contributed by atoms with Crippen molar-refractivity contribution in [1.29, 1.82) is 5.26 Å². The average Bonchev–Trinajstić information content (AvgIpc) is 2.41. The largest absolute Gasteiger partial charge is 0.348 e. The summed E-state index contributed by atoms with van der Waals surface area (Å²) in [7, 11) is 0. The number of nitrogens with zero attached hydrogens (tertiary/aromatic N) is 2. The standard InChI is InChI=1S/C13H8FN3O2/c14-10-3-1-2-4-11(10)16-12-6-5-9(8-15)7-13(12)17(18)19/h1-7,16H. The fourth-order valence-corrected chi connectivity index (χ4v) is 1.57. The molecular formula is C13H8FN3O2. The number of nitro groups is 1. The number of hydrogen-bond donors (Lipinski definition) is 1. The lowest BCUT2D eigenvalue weighted by molar-refractivity contribution is -0.383. The zero-order valence-corrected chi connectivity index (χ0v) is 9.63. The van der Waals surface area contributed by atoms with Crippen LogP contribution in [0.15, 0.2) is 42.5 Å². The molecule has 0 aliphatic heterocycles. The van der Waals surface area contributed by atoms with Gasteiger partial charge in [0.1, 0.15) is 11.5 Å². The second-order valence-corrected chi connectivity index (χ2v) is 3.71. The molecule has 0 atom stereocenters. The SMILES string of the molecule is N#Cc1ccc(Nc2ccccc2F)c([N+](=O)[O-])c1. The third-order valence-electron chi connectivity index (χ3n) is 2.47. The van der Waals surface area contributed by atoms with Gasteiger partial charge in [0.15, 0.2) is 0 Å². The second kappa shape index (κ2) is 5.14. The fourth-order valence-electron chi connectivity index (χ4n) is 1.57. The predicted molar refractivity (Wildman–Crippen MR) is 67.5 cm³/mol. The summed E-state index contributed by atoms with van der Waals surface area (Å²) in [6, 6.07) is 11.6. The van der Waals surface area contributed by atoms with E-state index in [1.807, 2.05) is 6.07 Å². The smallest absolute Gasteiger partial charge is 0.293 e. The van der Waals surface area contributed by atoms with Crippen molar-refractivity contribution in [2.45, 2.75) is 0 Å². The molecule has 0 unspecified atom stereocenters. The van der Waals surface area contributed by atoms with Crippen molar-refractivity contribution in [2.24, 2.45) is 0 Å². The van der Waals surface area contributed by atoms with E-state index < -0.39 is 10.7 Å². The van der Waals surface area contributed by atoms with Crippen LogP contribution in [0.25, 0.3) is 0 Å². The van der Waals surface area contributed by atoms with Crippen LogP contribution in [0.3, 0.4) is 0 Å². The van der Waals surface area contributed by atoms with Gasteiger partial charge in [-0.3, -0.25) is 10.1 Å². The Bertz CT molecular complexity index is 680. The van der Waals surface area contributed by atoms with Gasteiger partial charge in [-0.1, -0.05) is 12.1 Å². The van der Waals surface area contributed by atoms with Crippen molar-refractivity contribution in [2.75, 3.05) is 5.32 Å². The summed E-state index contributed by atoms with van der Waals surface area (Å²) in [5, 5.41) is 22.3.